The first-order valence-corrected chi connectivity index (χ1v) is 9.72. The molecule has 1 amide bonds. The number of nitrogens with zero attached hydrogens (tertiary/aromatic N) is 2. The number of hydrazone groups is 1. The highest BCUT2D eigenvalue weighted by molar-refractivity contribution is 6.30. The molecule has 4 aromatic rings. The van der Waals surface area contributed by atoms with Crippen LogP contribution in [-0.4, -0.2) is 23.1 Å². The van der Waals surface area contributed by atoms with Crippen molar-refractivity contribution in [1.29, 1.82) is 0 Å². The first-order chi connectivity index (χ1) is 15.1. The third-order valence-corrected chi connectivity index (χ3v) is 4.75. The fourth-order valence-corrected chi connectivity index (χ4v) is 3.09. The number of carbonyl (C=O) groups excluding carboxylic acids is 2. The van der Waals surface area contributed by atoms with Crippen molar-refractivity contribution in [2.45, 2.75) is 0 Å². The molecular formula is C24H16ClN3O3. The molecule has 1 heterocycles. The van der Waals surface area contributed by atoms with Crippen LogP contribution >= 0.6 is 11.6 Å². The maximum absolute atomic E-state index is 12.6. The lowest BCUT2D eigenvalue weighted by Gasteiger charge is -2.10. The van der Waals surface area contributed by atoms with Crippen LogP contribution in [0, 0.1) is 0 Å². The lowest BCUT2D eigenvalue weighted by molar-refractivity contribution is 0.0734. The number of halogens is 1. The van der Waals surface area contributed by atoms with E-state index in [0.717, 1.165) is 10.8 Å². The Hall–Kier alpha value is -4.03. The summed E-state index contributed by atoms with van der Waals surface area (Å²) >= 11 is 5.89. The number of benzene rings is 3. The van der Waals surface area contributed by atoms with E-state index in [1.165, 1.54) is 12.4 Å². The molecule has 0 saturated carbocycles. The van der Waals surface area contributed by atoms with Crippen LogP contribution in [0.3, 0.4) is 0 Å². The van der Waals surface area contributed by atoms with Crippen LogP contribution in [0.25, 0.3) is 10.8 Å². The molecule has 0 aliphatic carbocycles. The van der Waals surface area contributed by atoms with Crippen molar-refractivity contribution in [1.82, 2.24) is 10.4 Å². The van der Waals surface area contributed by atoms with Crippen LogP contribution in [0.1, 0.15) is 26.3 Å². The molecule has 0 fully saturated rings. The van der Waals surface area contributed by atoms with Gasteiger partial charge in [-0.25, -0.2) is 10.2 Å². The van der Waals surface area contributed by atoms with Gasteiger partial charge >= 0.3 is 5.97 Å². The van der Waals surface area contributed by atoms with Crippen LogP contribution in [0.4, 0.5) is 0 Å². The van der Waals surface area contributed by atoms with Crippen LogP contribution in [0.5, 0.6) is 5.75 Å². The Balaban J connectivity index is 1.63. The first-order valence-electron chi connectivity index (χ1n) is 9.35. The Morgan fingerprint density at radius 2 is 1.74 bits per heavy atom. The number of hydrogen-bond acceptors (Lipinski definition) is 5. The van der Waals surface area contributed by atoms with E-state index < -0.39 is 11.9 Å². The number of rotatable bonds is 5. The minimum atomic E-state index is -0.527. The maximum Gasteiger partial charge on any atom is 0.343 e. The lowest BCUT2D eigenvalue weighted by Crippen LogP contribution is -2.18. The monoisotopic (exact) mass is 429 g/mol. The average Bonchev–Trinajstić information content (AvgIpc) is 2.81. The van der Waals surface area contributed by atoms with Crippen molar-refractivity contribution in [3.8, 4) is 5.75 Å². The summed E-state index contributed by atoms with van der Waals surface area (Å²) in [6, 6.07) is 20.9. The van der Waals surface area contributed by atoms with E-state index in [2.05, 4.69) is 15.5 Å². The molecule has 0 bridgehead atoms. The van der Waals surface area contributed by atoms with Gasteiger partial charge in [0, 0.05) is 23.0 Å². The van der Waals surface area contributed by atoms with Crippen LogP contribution in [0.2, 0.25) is 5.02 Å². The van der Waals surface area contributed by atoms with Crippen LogP contribution in [-0.2, 0) is 0 Å². The molecule has 1 aromatic heterocycles. The number of hydrogen-bond donors (Lipinski definition) is 1. The summed E-state index contributed by atoms with van der Waals surface area (Å²) in [5.41, 5.74) is 3.78. The summed E-state index contributed by atoms with van der Waals surface area (Å²) in [6.45, 7) is 0. The molecule has 0 saturated heterocycles. The van der Waals surface area contributed by atoms with E-state index >= 15 is 0 Å². The number of aromatic nitrogens is 1. The Morgan fingerprint density at radius 3 is 2.52 bits per heavy atom. The van der Waals surface area contributed by atoms with Crippen molar-refractivity contribution >= 4 is 40.5 Å². The summed E-state index contributed by atoms with van der Waals surface area (Å²) in [5.74, 6) is -0.608. The molecule has 7 heteroatoms. The van der Waals surface area contributed by atoms with Gasteiger partial charge in [-0.2, -0.15) is 5.10 Å². The SMILES string of the molecule is O=C(N/N=C\c1c(OC(=O)c2ccc(Cl)cc2)ccc2ccccc12)c1cccnc1. The predicted octanol–water partition coefficient (Wildman–Crippen LogP) is 4.87. The van der Waals surface area contributed by atoms with E-state index in [-0.39, 0.29) is 0 Å². The molecule has 31 heavy (non-hydrogen) atoms. The summed E-state index contributed by atoms with van der Waals surface area (Å²) in [6.07, 6.45) is 4.49. The molecule has 6 nitrogen and oxygen atoms in total. The molecule has 1 N–H and O–H groups in total. The van der Waals surface area contributed by atoms with Crippen molar-refractivity contribution < 1.29 is 14.3 Å². The zero-order valence-corrected chi connectivity index (χ0v) is 16.9. The fourth-order valence-electron chi connectivity index (χ4n) is 2.96. The van der Waals surface area contributed by atoms with Gasteiger partial charge in [-0.3, -0.25) is 9.78 Å². The van der Waals surface area contributed by atoms with E-state index in [9.17, 15) is 9.59 Å². The second-order valence-corrected chi connectivity index (χ2v) is 6.97. The molecule has 0 radical (unpaired) electrons. The molecule has 3 aromatic carbocycles. The van der Waals surface area contributed by atoms with Gasteiger partial charge in [-0.1, -0.05) is 41.9 Å². The highest BCUT2D eigenvalue weighted by Crippen LogP contribution is 2.27. The van der Waals surface area contributed by atoms with Gasteiger partial charge in [-0.05, 0) is 53.2 Å². The number of esters is 1. The molecule has 0 aliphatic heterocycles. The highest BCUT2D eigenvalue weighted by atomic mass is 35.5. The predicted molar refractivity (Wildman–Crippen MR) is 120 cm³/mol. The van der Waals surface area contributed by atoms with Gasteiger partial charge in [-0.15, -0.1) is 0 Å². The van der Waals surface area contributed by atoms with Gasteiger partial charge in [0.05, 0.1) is 17.3 Å². The van der Waals surface area contributed by atoms with Gasteiger partial charge in [0.25, 0.3) is 5.91 Å². The summed E-state index contributed by atoms with van der Waals surface area (Å²) < 4.78 is 5.63. The molecular weight excluding hydrogens is 414 g/mol. The Labute approximate surface area is 183 Å². The first kappa shape index (κ1) is 20.3. The van der Waals surface area contributed by atoms with Crippen molar-refractivity contribution in [3.63, 3.8) is 0 Å². The third-order valence-electron chi connectivity index (χ3n) is 4.50. The Bertz CT molecular complexity index is 1270. The number of fused-ring (bicyclic) bond motifs is 1. The smallest absolute Gasteiger partial charge is 0.343 e. The fraction of sp³-hybridized carbons (Fsp3) is 0. The number of ether oxygens (including phenoxy) is 1. The van der Waals surface area contributed by atoms with Gasteiger partial charge < -0.3 is 4.74 Å². The summed E-state index contributed by atoms with van der Waals surface area (Å²) in [4.78, 5) is 28.7. The van der Waals surface area contributed by atoms with Gasteiger partial charge in [0.15, 0.2) is 0 Å². The molecule has 0 atom stereocenters. The topological polar surface area (TPSA) is 80.6 Å². The van der Waals surface area contributed by atoms with E-state index in [1.807, 2.05) is 30.3 Å². The molecule has 0 spiro atoms. The molecule has 152 valence electrons. The summed E-state index contributed by atoms with van der Waals surface area (Å²) in [7, 11) is 0. The second-order valence-electron chi connectivity index (χ2n) is 6.54. The van der Waals surface area contributed by atoms with Crippen molar-refractivity contribution in [2.24, 2.45) is 5.10 Å². The third kappa shape index (κ3) is 4.76. The highest BCUT2D eigenvalue weighted by Gasteiger charge is 2.14. The van der Waals surface area contributed by atoms with E-state index in [4.69, 9.17) is 16.3 Å². The zero-order chi connectivity index (χ0) is 21.6. The largest absolute Gasteiger partial charge is 0.422 e. The van der Waals surface area contributed by atoms with E-state index in [0.29, 0.717) is 27.5 Å². The lowest BCUT2D eigenvalue weighted by atomic mass is 10.0. The minimum absolute atomic E-state index is 0.318. The standard InChI is InChI=1S/C24H16ClN3O3/c25-19-10-7-17(8-11-19)24(30)31-22-12-9-16-4-1-2-6-20(16)21(22)15-27-28-23(29)18-5-3-13-26-14-18/h1-15H,(H,28,29)/b27-15-. The molecule has 0 aliphatic rings. The van der Waals surface area contributed by atoms with Crippen molar-refractivity contribution in [2.75, 3.05) is 0 Å². The Morgan fingerprint density at radius 1 is 0.935 bits per heavy atom. The number of amides is 1. The number of carbonyl (C=O) groups is 2. The van der Waals surface area contributed by atoms with E-state index in [1.54, 1.807) is 48.7 Å². The molecule has 4 rings (SSSR count). The second kappa shape index (κ2) is 9.19. The quantitative estimate of drug-likeness (QED) is 0.212. The van der Waals surface area contributed by atoms with Crippen LogP contribution in [0.15, 0.2) is 90.3 Å². The minimum Gasteiger partial charge on any atom is -0.422 e. The normalized spacial score (nSPS) is 10.9. The van der Waals surface area contributed by atoms with Crippen LogP contribution < -0.4 is 10.2 Å². The number of nitrogens with one attached hydrogen (secondary N) is 1. The Kier molecular flexibility index (Phi) is 6.01. The summed E-state index contributed by atoms with van der Waals surface area (Å²) in [5, 5.41) is 6.35. The number of pyridine rings is 1. The molecule has 0 unspecified atom stereocenters. The maximum atomic E-state index is 12.6. The van der Waals surface area contributed by atoms with Crippen molar-refractivity contribution in [3.05, 3.63) is 107 Å². The zero-order valence-electron chi connectivity index (χ0n) is 16.2. The average molecular weight is 430 g/mol. The van der Waals surface area contributed by atoms with Gasteiger partial charge in [0.2, 0.25) is 0 Å². The van der Waals surface area contributed by atoms with Gasteiger partial charge in [0.1, 0.15) is 5.75 Å².